The molecule has 0 radical (unpaired) electrons. The minimum atomic E-state index is -0.370. The monoisotopic (exact) mass is 287 g/mol. The molecule has 1 N–H and O–H groups in total. The second-order valence-corrected chi connectivity index (χ2v) is 5.09. The van der Waals surface area contributed by atoms with Crippen LogP contribution in [0, 0.1) is 5.82 Å². The van der Waals surface area contributed by atoms with Crippen LogP contribution in [0.3, 0.4) is 0 Å². The second-order valence-electron chi connectivity index (χ2n) is 4.68. The summed E-state index contributed by atoms with van der Waals surface area (Å²) in [7, 11) is 0. The SMILES string of the molecule is CCCNC(COCCC)Cc1ccc(F)c(Cl)c1. The highest BCUT2D eigenvalue weighted by Crippen LogP contribution is 2.17. The third kappa shape index (κ3) is 6.37. The van der Waals surface area contributed by atoms with Crippen LogP contribution in [0.5, 0.6) is 0 Å². The molecule has 1 aromatic rings. The van der Waals surface area contributed by atoms with Crippen molar-refractivity contribution in [2.75, 3.05) is 19.8 Å². The van der Waals surface area contributed by atoms with Crippen LogP contribution in [0.2, 0.25) is 5.02 Å². The van der Waals surface area contributed by atoms with E-state index in [0.717, 1.165) is 38.0 Å². The Bertz CT molecular complexity index is 373. The molecule has 0 aliphatic rings. The Morgan fingerprint density at radius 1 is 1.32 bits per heavy atom. The number of nitrogens with one attached hydrogen (secondary N) is 1. The molecule has 0 fully saturated rings. The molecule has 1 aromatic carbocycles. The molecule has 0 saturated carbocycles. The number of halogens is 2. The standard InChI is InChI=1S/C15H23ClFNO/c1-3-7-18-13(11-19-8-4-2)9-12-5-6-15(17)14(16)10-12/h5-6,10,13,18H,3-4,7-9,11H2,1-2H3. The van der Waals surface area contributed by atoms with Crippen molar-refractivity contribution in [3.05, 3.63) is 34.6 Å². The third-order valence-electron chi connectivity index (χ3n) is 2.82. The van der Waals surface area contributed by atoms with Crippen molar-refractivity contribution in [3.63, 3.8) is 0 Å². The maximum atomic E-state index is 13.1. The molecule has 1 unspecified atom stereocenters. The Labute approximate surface area is 120 Å². The minimum absolute atomic E-state index is 0.182. The summed E-state index contributed by atoms with van der Waals surface area (Å²) in [6.07, 6.45) is 2.89. The summed E-state index contributed by atoms with van der Waals surface area (Å²) in [5.41, 5.74) is 1.03. The zero-order chi connectivity index (χ0) is 14.1. The first-order chi connectivity index (χ1) is 9.17. The van der Waals surface area contributed by atoms with E-state index < -0.39 is 0 Å². The van der Waals surface area contributed by atoms with Crippen molar-refractivity contribution in [2.45, 2.75) is 39.2 Å². The van der Waals surface area contributed by atoms with Gasteiger partial charge in [-0.05, 0) is 43.5 Å². The van der Waals surface area contributed by atoms with Gasteiger partial charge < -0.3 is 10.1 Å². The molecular weight excluding hydrogens is 265 g/mol. The Morgan fingerprint density at radius 3 is 2.74 bits per heavy atom. The summed E-state index contributed by atoms with van der Waals surface area (Å²) in [6.45, 7) is 6.62. The van der Waals surface area contributed by atoms with Crippen molar-refractivity contribution in [1.29, 1.82) is 0 Å². The van der Waals surface area contributed by atoms with E-state index in [0.29, 0.717) is 6.61 Å². The molecule has 0 aromatic heterocycles. The summed E-state index contributed by atoms with van der Waals surface area (Å²) in [4.78, 5) is 0. The normalized spacial score (nSPS) is 12.6. The highest BCUT2D eigenvalue weighted by molar-refractivity contribution is 6.30. The molecule has 1 atom stereocenters. The molecule has 0 amide bonds. The quantitative estimate of drug-likeness (QED) is 0.697. The van der Waals surface area contributed by atoms with Crippen molar-refractivity contribution in [1.82, 2.24) is 5.32 Å². The lowest BCUT2D eigenvalue weighted by atomic mass is 10.1. The molecule has 1 rings (SSSR count). The first-order valence-electron chi connectivity index (χ1n) is 6.92. The molecule has 4 heteroatoms. The van der Waals surface area contributed by atoms with E-state index in [-0.39, 0.29) is 16.9 Å². The van der Waals surface area contributed by atoms with Gasteiger partial charge in [0.15, 0.2) is 0 Å². The van der Waals surface area contributed by atoms with E-state index in [2.05, 4.69) is 19.2 Å². The van der Waals surface area contributed by atoms with E-state index in [9.17, 15) is 4.39 Å². The summed E-state index contributed by atoms with van der Waals surface area (Å²) >= 11 is 5.80. The third-order valence-corrected chi connectivity index (χ3v) is 3.11. The van der Waals surface area contributed by atoms with Crippen LogP contribution in [0.25, 0.3) is 0 Å². The Hall–Kier alpha value is -0.640. The number of rotatable bonds is 9. The lowest BCUT2D eigenvalue weighted by Gasteiger charge is -2.19. The molecule has 0 bridgehead atoms. The van der Waals surface area contributed by atoms with Crippen molar-refractivity contribution < 1.29 is 9.13 Å². The van der Waals surface area contributed by atoms with E-state index in [1.54, 1.807) is 12.1 Å². The predicted octanol–water partition coefficient (Wildman–Crippen LogP) is 3.82. The van der Waals surface area contributed by atoms with Gasteiger partial charge in [0.2, 0.25) is 0 Å². The second kappa shape index (κ2) is 9.29. The zero-order valence-electron chi connectivity index (χ0n) is 11.7. The summed E-state index contributed by atoms with van der Waals surface area (Å²) in [5, 5.41) is 3.63. The van der Waals surface area contributed by atoms with Crippen LogP contribution in [0.4, 0.5) is 4.39 Å². The van der Waals surface area contributed by atoms with Gasteiger partial charge in [-0.3, -0.25) is 0 Å². The molecular formula is C15H23ClFNO. The van der Waals surface area contributed by atoms with Crippen LogP contribution in [0.15, 0.2) is 18.2 Å². The van der Waals surface area contributed by atoms with Gasteiger partial charge in [-0.25, -0.2) is 4.39 Å². The van der Waals surface area contributed by atoms with E-state index >= 15 is 0 Å². The smallest absolute Gasteiger partial charge is 0.141 e. The van der Waals surface area contributed by atoms with Gasteiger partial charge in [-0.1, -0.05) is 31.5 Å². The van der Waals surface area contributed by atoms with Gasteiger partial charge in [-0.15, -0.1) is 0 Å². The summed E-state index contributed by atoms with van der Waals surface area (Å²) < 4.78 is 18.7. The number of benzene rings is 1. The topological polar surface area (TPSA) is 21.3 Å². The van der Waals surface area contributed by atoms with Gasteiger partial charge in [0.25, 0.3) is 0 Å². The van der Waals surface area contributed by atoms with Crippen LogP contribution in [-0.2, 0) is 11.2 Å². The molecule has 0 spiro atoms. The lowest BCUT2D eigenvalue weighted by Crippen LogP contribution is -2.36. The van der Waals surface area contributed by atoms with Crippen LogP contribution < -0.4 is 5.32 Å². The number of hydrogen-bond acceptors (Lipinski definition) is 2. The number of ether oxygens (including phenoxy) is 1. The van der Waals surface area contributed by atoms with Gasteiger partial charge in [0.1, 0.15) is 5.82 Å². The van der Waals surface area contributed by atoms with Gasteiger partial charge in [-0.2, -0.15) is 0 Å². The van der Waals surface area contributed by atoms with Crippen molar-refractivity contribution >= 4 is 11.6 Å². The average molecular weight is 288 g/mol. The maximum absolute atomic E-state index is 13.1. The van der Waals surface area contributed by atoms with E-state index in [4.69, 9.17) is 16.3 Å². The van der Waals surface area contributed by atoms with Crippen LogP contribution >= 0.6 is 11.6 Å². The predicted molar refractivity (Wildman–Crippen MR) is 78.3 cm³/mol. The summed E-state index contributed by atoms with van der Waals surface area (Å²) in [6, 6.07) is 5.13. The average Bonchev–Trinajstić information content (AvgIpc) is 2.40. The molecule has 0 saturated heterocycles. The van der Waals surface area contributed by atoms with Crippen molar-refractivity contribution in [3.8, 4) is 0 Å². The summed E-state index contributed by atoms with van der Waals surface area (Å²) in [5.74, 6) is -0.370. The fourth-order valence-electron chi connectivity index (χ4n) is 1.86. The number of hydrogen-bond donors (Lipinski definition) is 1. The molecule has 0 heterocycles. The van der Waals surface area contributed by atoms with Gasteiger partial charge >= 0.3 is 0 Å². The fraction of sp³-hybridized carbons (Fsp3) is 0.600. The molecule has 0 aliphatic carbocycles. The first-order valence-corrected chi connectivity index (χ1v) is 7.30. The largest absolute Gasteiger partial charge is 0.380 e. The Kier molecular flexibility index (Phi) is 8.03. The molecule has 19 heavy (non-hydrogen) atoms. The molecule has 2 nitrogen and oxygen atoms in total. The lowest BCUT2D eigenvalue weighted by molar-refractivity contribution is 0.112. The van der Waals surface area contributed by atoms with Gasteiger partial charge in [0.05, 0.1) is 11.6 Å². The minimum Gasteiger partial charge on any atom is -0.380 e. The van der Waals surface area contributed by atoms with Crippen LogP contribution in [0.1, 0.15) is 32.3 Å². The fourth-order valence-corrected chi connectivity index (χ4v) is 2.06. The molecule has 108 valence electrons. The highest BCUT2D eigenvalue weighted by Gasteiger charge is 2.10. The maximum Gasteiger partial charge on any atom is 0.141 e. The highest BCUT2D eigenvalue weighted by atomic mass is 35.5. The van der Waals surface area contributed by atoms with Crippen molar-refractivity contribution in [2.24, 2.45) is 0 Å². The van der Waals surface area contributed by atoms with E-state index in [1.165, 1.54) is 6.07 Å². The first kappa shape index (κ1) is 16.4. The Balaban J connectivity index is 2.56. The van der Waals surface area contributed by atoms with Gasteiger partial charge in [0, 0.05) is 12.6 Å². The zero-order valence-corrected chi connectivity index (χ0v) is 12.5. The van der Waals surface area contributed by atoms with Crippen LogP contribution in [-0.4, -0.2) is 25.8 Å². The van der Waals surface area contributed by atoms with E-state index in [1.807, 2.05) is 0 Å². The molecule has 0 aliphatic heterocycles. The Morgan fingerprint density at radius 2 is 2.11 bits per heavy atom.